The lowest BCUT2D eigenvalue weighted by atomic mass is 10.2. The van der Waals surface area contributed by atoms with Gasteiger partial charge in [0.05, 0.1) is 10.7 Å². The van der Waals surface area contributed by atoms with Crippen LogP contribution in [0.5, 0.6) is 0 Å². The lowest BCUT2D eigenvalue weighted by Gasteiger charge is -2.07. The minimum Gasteiger partial charge on any atom is -0.370 e. The lowest BCUT2D eigenvalue weighted by Crippen LogP contribution is -2.25. The molecule has 0 radical (unpaired) electrons. The van der Waals surface area contributed by atoms with Crippen molar-refractivity contribution in [3.8, 4) is 0 Å². The van der Waals surface area contributed by atoms with E-state index in [4.69, 9.17) is 34.7 Å². The minimum atomic E-state index is -0.707. The summed E-state index contributed by atoms with van der Waals surface area (Å²) in [7, 11) is 0. The molecule has 0 atom stereocenters. The van der Waals surface area contributed by atoms with Crippen LogP contribution in [0.4, 0.5) is 10.5 Å². The van der Waals surface area contributed by atoms with Gasteiger partial charge in [-0.3, -0.25) is 0 Å². The van der Waals surface area contributed by atoms with Crippen LogP contribution in [0.1, 0.15) is 5.56 Å². The fourth-order valence-corrected chi connectivity index (χ4v) is 1.43. The van der Waals surface area contributed by atoms with Gasteiger partial charge in [-0.1, -0.05) is 23.2 Å². The maximum Gasteiger partial charge on any atom is 0.348 e. The maximum atomic E-state index is 11.2. The van der Waals surface area contributed by atoms with Crippen molar-refractivity contribution in [2.24, 2.45) is 16.5 Å². The van der Waals surface area contributed by atoms with E-state index in [1.165, 1.54) is 6.07 Å². The molecule has 0 aliphatic carbocycles. The van der Waals surface area contributed by atoms with Gasteiger partial charge in [0, 0.05) is 5.02 Å². The summed E-state index contributed by atoms with van der Waals surface area (Å²) in [5.74, 6) is -0.327. The molecule has 0 heterocycles. The molecule has 1 aromatic rings. The topological polar surface area (TPSA) is 93.5 Å². The number of aliphatic imine (C=N–C) groups is 1. The van der Waals surface area contributed by atoms with Crippen molar-refractivity contribution in [1.29, 1.82) is 0 Å². The molecule has 0 fully saturated rings. The van der Waals surface area contributed by atoms with Crippen molar-refractivity contribution < 1.29 is 4.79 Å². The Balaban J connectivity index is 2.94. The molecule has 16 heavy (non-hydrogen) atoms. The Labute approximate surface area is 102 Å². The predicted octanol–water partition coefficient (Wildman–Crippen LogP) is 2.11. The Kier molecular flexibility index (Phi) is 3.98. The maximum absolute atomic E-state index is 11.2. The van der Waals surface area contributed by atoms with E-state index in [1.807, 2.05) is 0 Å². The number of nitrogens with zero attached hydrogens (tertiary/aromatic N) is 1. The van der Waals surface area contributed by atoms with Crippen molar-refractivity contribution in [3.63, 3.8) is 0 Å². The largest absolute Gasteiger partial charge is 0.370 e. The molecule has 0 aromatic heterocycles. The molecule has 5 nitrogen and oxygen atoms in total. The van der Waals surface area contributed by atoms with Crippen LogP contribution in [-0.2, 0) is 0 Å². The standard InChI is InChI=1S/C9H10Cl2N4O/c1-4-2-6(11)7(3-5(4)10)14-9(16)15-8(12)13/h2-3H,1H3,(H5,12,13,14,15,16). The van der Waals surface area contributed by atoms with Crippen LogP contribution in [-0.4, -0.2) is 12.0 Å². The van der Waals surface area contributed by atoms with Gasteiger partial charge in [-0.05, 0) is 24.6 Å². The third kappa shape index (κ3) is 3.29. The number of guanidine groups is 1. The summed E-state index contributed by atoms with van der Waals surface area (Å²) in [4.78, 5) is 14.5. The van der Waals surface area contributed by atoms with Crippen LogP contribution >= 0.6 is 23.2 Å². The number of nitrogens with two attached hydrogens (primary N) is 2. The Bertz CT molecular complexity index is 455. The summed E-state index contributed by atoms with van der Waals surface area (Å²) in [6.45, 7) is 1.80. The zero-order valence-corrected chi connectivity index (χ0v) is 9.93. The molecule has 0 unspecified atom stereocenters. The van der Waals surface area contributed by atoms with Crippen LogP contribution in [0, 0.1) is 6.92 Å². The van der Waals surface area contributed by atoms with Crippen molar-refractivity contribution >= 4 is 40.9 Å². The Morgan fingerprint density at radius 3 is 2.50 bits per heavy atom. The van der Waals surface area contributed by atoms with E-state index >= 15 is 0 Å². The van der Waals surface area contributed by atoms with Crippen LogP contribution in [0.15, 0.2) is 17.1 Å². The highest BCUT2D eigenvalue weighted by Gasteiger charge is 2.07. The number of anilines is 1. The third-order valence-corrected chi connectivity index (χ3v) is 2.44. The number of urea groups is 1. The highest BCUT2D eigenvalue weighted by molar-refractivity contribution is 6.36. The van der Waals surface area contributed by atoms with E-state index in [0.717, 1.165) is 5.56 Å². The number of rotatable bonds is 1. The molecule has 0 aliphatic rings. The van der Waals surface area contributed by atoms with Crippen LogP contribution in [0.25, 0.3) is 0 Å². The normalized spacial score (nSPS) is 9.69. The van der Waals surface area contributed by atoms with E-state index < -0.39 is 6.03 Å². The molecule has 0 aliphatic heterocycles. The monoisotopic (exact) mass is 260 g/mol. The van der Waals surface area contributed by atoms with E-state index in [-0.39, 0.29) is 5.96 Å². The first kappa shape index (κ1) is 12.6. The molecule has 0 saturated heterocycles. The summed E-state index contributed by atoms with van der Waals surface area (Å²) in [6, 6.07) is 2.45. The second-order valence-electron chi connectivity index (χ2n) is 3.05. The van der Waals surface area contributed by atoms with Crippen molar-refractivity contribution in [2.75, 3.05) is 5.32 Å². The Morgan fingerprint density at radius 2 is 1.94 bits per heavy atom. The molecule has 7 heteroatoms. The SMILES string of the molecule is Cc1cc(Cl)c(NC(=O)N=C(N)N)cc1Cl. The fraction of sp³-hybridized carbons (Fsp3) is 0.111. The number of carbonyl (C=O) groups is 1. The van der Waals surface area contributed by atoms with E-state index in [9.17, 15) is 4.79 Å². The zero-order chi connectivity index (χ0) is 12.3. The second kappa shape index (κ2) is 5.05. The molecule has 1 aromatic carbocycles. The molecule has 1 rings (SSSR count). The molecule has 86 valence electrons. The van der Waals surface area contributed by atoms with Gasteiger partial charge in [-0.2, -0.15) is 4.99 Å². The van der Waals surface area contributed by atoms with E-state index in [2.05, 4.69) is 10.3 Å². The lowest BCUT2D eigenvalue weighted by molar-refractivity contribution is 0.259. The summed E-state index contributed by atoms with van der Waals surface area (Å²) >= 11 is 11.8. The Morgan fingerprint density at radius 1 is 1.31 bits per heavy atom. The number of amides is 2. The second-order valence-corrected chi connectivity index (χ2v) is 3.86. The number of carbonyl (C=O) groups excluding carboxylic acids is 1. The van der Waals surface area contributed by atoms with Crippen molar-refractivity contribution in [2.45, 2.75) is 6.92 Å². The molecular formula is C9H10Cl2N4O. The number of hydrogen-bond acceptors (Lipinski definition) is 1. The average Bonchev–Trinajstić information content (AvgIpc) is 2.12. The average molecular weight is 261 g/mol. The first-order valence-corrected chi connectivity index (χ1v) is 5.02. The Hall–Kier alpha value is -1.46. The van der Waals surface area contributed by atoms with Crippen LogP contribution in [0.2, 0.25) is 10.0 Å². The van der Waals surface area contributed by atoms with E-state index in [1.54, 1.807) is 13.0 Å². The molecule has 0 bridgehead atoms. The zero-order valence-electron chi connectivity index (χ0n) is 8.42. The van der Waals surface area contributed by atoms with Gasteiger partial charge in [0.1, 0.15) is 0 Å². The highest BCUT2D eigenvalue weighted by atomic mass is 35.5. The van der Waals surface area contributed by atoms with Crippen LogP contribution in [0.3, 0.4) is 0 Å². The number of halogens is 2. The molecule has 2 amide bonds. The van der Waals surface area contributed by atoms with E-state index in [0.29, 0.717) is 15.7 Å². The van der Waals surface area contributed by atoms with Gasteiger partial charge in [0.25, 0.3) is 0 Å². The molecule has 0 saturated carbocycles. The third-order valence-electron chi connectivity index (χ3n) is 1.72. The van der Waals surface area contributed by atoms with Gasteiger partial charge in [0.2, 0.25) is 0 Å². The van der Waals surface area contributed by atoms with Gasteiger partial charge in [0.15, 0.2) is 5.96 Å². The number of nitrogens with one attached hydrogen (secondary N) is 1. The first-order chi connectivity index (χ1) is 7.40. The number of benzene rings is 1. The highest BCUT2D eigenvalue weighted by Crippen LogP contribution is 2.28. The summed E-state index contributed by atoms with van der Waals surface area (Å²) < 4.78 is 0. The first-order valence-electron chi connectivity index (χ1n) is 4.26. The van der Waals surface area contributed by atoms with Gasteiger partial charge < -0.3 is 16.8 Å². The fourth-order valence-electron chi connectivity index (χ4n) is 1.00. The van der Waals surface area contributed by atoms with Crippen molar-refractivity contribution in [3.05, 3.63) is 27.7 Å². The predicted molar refractivity (Wildman–Crippen MR) is 66.0 cm³/mol. The minimum absolute atomic E-state index is 0.327. The summed E-state index contributed by atoms with van der Waals surface area (Å²) in [5.41, 5.74) is 11.3. The summed E-state index contributed by atoms with van der Waals surface area (Å²) in [6.07, 6.45) is 0. The molecule has 5 N–H and O–H groups in total. The van der Waals surface area contributed by atoms with Crippen LogP contribution < -0.4 is 16.8 Å². The van der Waals surface area contributed by atoms with Gasteiger partial charge >= 0.3 is 6.03 Å². The smallest absolute Gasteiger partial charge is 0.348 e. The molecule has 0 spiro atoms. The summed E-state index contributed by atoms with van der Waals surface area (Å²) in [5, 5.41) is 3.26. The molecular weight excluding hydrogens is 251 g/mol. The van der Waals surface area contributed by atoms with Gasteiger partial charge in [-0.15, -0.1) is 0 Å². The van der Waals surface area contributed by atoms with Gasteiger partial charge in [-0.25, -0.2) is 4.79 Å². The van der Waals surface area contributed by atoms with Crippen molar-refractivity contribution in [1.82, 2.24) is 0 Å². The number of hydrogen-bond donors (Lipinski definition) is 3. The quantitative estimate of drug-likeness (QED) is 0.533. The number of aryl methyl sites for hydroxylation is 1.